The predicted octanol–water partition coefficient (Wildman–Crippen LogP) is 4.09. The molecule has 0 saturated carbocycles. The fraction of sp³-hybridized carbons (Fsp3) is 0.188. The van der Waals surface area contributed by atoms with Gasteiger partial charge in [0.05, 0.1) is 17.7 Å². The van der Waals surface area contributed by atoms with E-state index in [0.717, 1.165) is 4.47 Å². The number of hydrogen-bond donors (Lipinski definition) is 1. The Labute approximate surface area is 130 Å². The van der Waals surface area contributed by atoms with Crippen molar-refractivity contribution in [2.75, 3.05) is 0 Å². The standard InChI is InChI=1S/C16H13BrFNO2/c1-10(20)14-4-3-13(17)7-16(14)21-9-12-6-11(8-19)2-5-15(12)18/h2-7,10,20H,9H2,1H3. The summed E-state index contributed by atoms with van der Waals surface area (Å²) in [4.78, 5) is 0. The second-order valence-corrected chi connectivity index (χ2v) is 5.48. The number of hydrogen-bond acceptors (Lipinski definition) is 3. The van der Waals surface area contributed by atoms with E-state index >= 15 is 0 Å². The van der Waals surface area contributed by atoms with Gasteiger partial charge in [-0.1, -0.05) is 22.0 Å². The largest absolute Gasteiger partial charge is 0.488 e. The van der Waals surface area contributed by atoms with Gasteiger partial charge in [0.15, 0.2) is 0 Å². The maximum Gasteiger partial charge on any atom is 0.129 e. The molecule has 0 aliphatic carbocycles. The van der Waals surface area contributed by atoms with Gasteiger partial charge < -0.3 is 9.84 Å². The lowest BCUT2D eigenvalue weighted by Crippen LogP contribution is -2.03. The number of benzene rings is 2. The number of aliphatic hydroxyl groups is 1. The Balaban J connectivity index is 2.24. The molecule has 0 radical (unpaired) electrons. The summed E-state index contributed by atoms with van der Waals surface area (Å²) in [5.74, 6) is 0.0451. The molecule has 1 unspecified atom stereocenters. The molecule has 1 atom stereocenters. The lowest BCUT2D eigenvalue weighted by molar-refractivity contribution is 0.190. The third-order valence-electron chi connectivity index (χ3n) is 2.98. The number of aliphatic hydroxyl groups excluding tert-OH is 1. The van der Waals surface area contributed by atoms with Gasteiger partial charge in [0.25, 0.3) is 0 Å². The first-order valence-electron chi connectivity index (χ1n) is 6.30. The summed E-state index contributed by atoms with van der Waals surface area (Å²) in [6.07, 6.45) is -0.691. The molecule has 2 aromatic rings. The number of halogens is 2. The molecular weight excluding hydrogens is 337 g/mol. The van der Waals surface area contributed by atoms with Crippen molar-refractivity contribution in [2.24, 2.45) is 0 Å². The minimum absolute atomic E-state index is 0.0163. The molecule has 1 N–H and O–H groups in total. The van der Waals surface area contributed by atoms with E-state index in [-0.39, 0.29) is 6.61 Å². The van der Waals surface area contributed by atoms with Crippen LogP contribution in [-0.2, 0) is 6.61 Å². The number of rotatable bonds is 4. The van der Waals surface area contributed by atoms with Gasteiger partial charge in [0, 0.05) is 15.6 Å². The molecule has 0 amide bonds. The van der Waals surface area contributed by atoms with E-state index in [1.807, 2.05) is 6.07 Å². The normalized spacial score (nSPS) is 11.8. The Morgan fingerprint density at radius 3 is 2.76 bits per heavy atom. The molecule has 0 spiro atoms. The van der Waals surface area contributed by atoms with Gasteiger partial charge in [-0.3, -0.25) is 0 Å². The summed E-state index contributed by atoms with van der Waals surface area (Å²) in [5.41, 5.74) is 1.29. The first-order chi connectivity index (χ1) is 10.0. The lowest BCUT2D eigenvalue weighted by Gasteiger charge is -2.14. The molecular formula is C16H13BrFNO2. The van der Waals surface area contributed by atoms with Crippen molar-refractivity contribution in [3.8, 4) is 11.8 Å². The summed E-state index contributed by atoms with van der Waals surface area (Å²) in [6, 6.07) is 11.3. The third kappa shape index (κ3) is 3.81. The second kappa shape index (κ2) is 6.70. The van der Waals surface area contributed by atoms with E-state index in [4.69, 9.17) is 10.00 Å². The van der Waals surface area contributed by atoms with Crippen molar-refractivity contribution in [3.05, 3.63) is 63.4 Å². The van der Waals surface area contributed by atoms with Crippen LogP contribution in [0.25, 0.3) is 0 Å². The summed E-state index contributed by atoms with van der Waals surface area (Å²) in [6.45, 7) is 1.62. The lowest BCUT2D eigenvalue weighted by atomic mass is 10.1. The molecule has 2 rings (SSSR count). The molecule has 2 aromatic carbocycles. The Morgan fingerprint density at radius 2 is 2.10 bits per heavy atom. The fourth-order valence-corrected chi connectivity index (χ4v) is 2.23. The number of ether oxygens (including phenoxy) is 1. The molecule has 5 heteroatoms. The zero-order chi connectivity index (χ0) is 15.4. The van der Waals surface area contributed by atoms with Crippen molar-refractivity contribution >= 4 is 15.9 Å². The SMILES string of the molecule is CC(O)c1ccc(Br)cc1OCc1cc(C#N)ccc1F. The van der Waals surface area contributed by atoms with Gasteiger partial charge in [0.2, 0.25) is 0 Å². The Kier molecular flexibility index (Phi) is 4.94. The molecule has 3 nitrogen and oxygen atoms in total. The zero-order valence-electron chi connectivity index (χ0n) is 11.3. The van der Waals surface area contributed by atoms with Crippen LogP contribution in [0.5, 0.6) is 5.75 Å². The highest BCUT2D eigenvalue weighted by Crippen LogP contribution is 2.29. The van der Waals surface area contributed by atoms with Gasteiger partial charge in [-0.15, -0.1) is 0 Å². The van der Waals surface area contributed by atoms with Gasteiger partial charge in [-0.25, -0.2) is 4.39 Å². The van der Waals surface area contributed by atoms with Crippen LogP contribution in [0.2, 0.25) is 0 Å². The highest BCUT2D eigenvalue weighted by Gasteiger charge is 2.11. The number of nitriles is 1. The van der Waals surface area contributed by atoms with E-state index < -0.39 is 11.9 Å². The molecule has 0 heterocycles. The van der Waals surface area contributed by atoms with E-state index in [9.17, 15) is 9.50 Å². The van der Waals surface area contributed by atoms with Crippen LogP contribution in [-0.4, -0.2) is 5.11 Å². The summed E-state index contributed by atoms with van der Waals surface area (Å²) in [5, 5.41) is 18.6. The topological polar surface area (TPSA) is 53.2 Å². The maximum atomic E-state index is 13.7. The monoisotopic (exact) mass is 349 g/mol. The van der Waals surface area contributed by atoms with Gasteiger partial charge in [-0.05, 0) is 37.3 Å². The van der Waals surface area contributed by atoms with Crippen LogP contribution < -0.4 is 4.74 Å². The van der Waals surface area contributed by atoms with E-state index in [1.54, 1.807) is 25.1 Å². The van der Waals surface area contributed by atoms with Crippen molar-refractivity contribution in [1.29, 1.82) is 5.26 Å². The molecule has 0 fully saturated rings. The minimum Gasteiger partial charge on any atom is -0.488 e. The third-order valence-corrected chi connectivity index (χ3v) is 3.48. The second-order valence-electron chi connectivity index (χ2n) is 4.56. The van der Waals surface area contributed by atoms with E-state index in [0.29, 0.717) is 22.4 Å². The van der Waals surface area contributed by atoms with Crippen molar-refractivity contribution < 1.29 is 14.2 Å². The quantitative estimate of drug-likeness (QED) is 0.904. The van der Waals surface area contributed by atoms with E-state index in [2.05, 4.69) is 15.9 Å². The molecule has 21 heavy (non-hydrogen) atoms. The Bertz CT molecular complexity index is 695. The average Bonchev–Trinajstić information content (AvgIpc) is 2.46. The van der Waals surface area contributed by atoms with Gasteiger partial charge in [0.1, 0.15) is 18.2 Å². The summed E-state index contributed by atoms with van der Waals surface area (Å²) in [7, 11) is 0. The summed E-state index contributed by atoms with van der Waals surface area (Å²) >= 11 is 3.33. The van der Waals surface area contributed by atoms with Crippen LogP contribution >= 0.6 is 15.9 Å². The highest BCUT2D eigenvalue weighted by atomic mass is 79.9. The average molecular weight is 350 g/mol. The van der Waals surface area contributed by atoms with Crippen molar-refractivity contribution in [2.45, 2.75) is 19.6 Å². The van der Waals surface area contributed by atoms with Crippen LogP contribution in [0.1, 0.15) is 29.7 Å². The van der Waals surface area contributed by atoms with Crippen LogP contribution in [0.3, 0.4) is 0 Å². The predicted molar refractivity (Wildman–Crippen MR) is 80.2 cm³/mol. The fourth-order valence-electron chi connectivity index (χ4n) is 1.89. The van der Waals surface area contributed by atoms with Gasteiger partial charge >= 0.3 is 0 Å². The number of nitrogens with zero attached hydrogens (tertiary/aromatic N) is 1. The summed E-state index contributed by atoms with van der Waals surface area (Å²) < 4.78 is 20.1. The molecule has 0 saturated heterocycles. The van der Waals surface area contributed by atoms with Crippen LogP contribution in [0.15, 0.2) is 40.9 Å². The maximum absolute atomic E-state index is 13.7. The Morgan fingerprint density at radius 1 is 1.33 bits per heavy atom. The molecule has 108 valence electrons. The first-order valence-corrected chi connectivity index (χ1v) is 7.09. The minimum atomic E-state index is -0.691. The van der Waals surface area contributed by atoms with E-state index in [1.165, 1.54) is 18.2 Å². The smallest absolute Gasteiger partial charge is 0.129 e. The Hall–Kier alpha value is -1.90. The van der Waals surface area contributed by atoms with Gasteiger partial charge in [-0.2, -0.15) is 5.26 Å². The van der Waals surface area contributed by atoms with Crippen LogP contribution in [0, 0.1) is 17.1 Å². The molecule has 0 aromatic heterocycles. The molecule has 0 aliphatic rings. The van der Waals surface area contributed by atoms with Crippen LogP contribution in [0.4, 0.5) is 4.39 Å². The molecule has 0 bridgehead atoms. The van der Waals surface area contributed by atoms with Crippen molar-refractivity contribution in [3.63, 3.8) is 0 Å². The highest BCUT2D eigenvalue weighted by molar-refractivity contribution is 9.10. The van der Waals surface area contributed by atoms with Crippen molar-refractivity contribution in [1.82, 2.24) is 0 Å². The zero-order valence-corrected chi connectivity index (χ0v) is 12.9. The molecule has 0 aliphatic heterocycles. The first kappa shape index (κ1) is 15.5.